The van der Waals surface area contributed by atoms with Gasteiger partial charge in [-0.15, -0.1) is 0 Å². The van der Waals surface area contributed by atoms with Crippen LogP contribution in [0.25, 0.3) is 0 Å². The highest BCUT2D eigenvalue weighted by Crippen LogP contribution is 2.32. The lowest BCUT2D eigenvalue weighted by Crippen LogP contribution is -1.92. The molecule has 6 nitrogen and oxygen atoms in total. The van der Waals surface area contributed by atoms with Crippen LogP contribution in [0.3, 0.4) is 0 Å². The van der Waals surface area contributed by atoms with Gasteiger partial charge in [0.1, 0.15) is 5.82 Å². The van der Waals surface area contributed by atoms with E-state index in [2.05, 4.69) is 9.36 Å². The van der Waals surface area contributed by atoms with E-state index in [0.717, 1.165) is 4.34 Å². The predicted octanol–water partition coefficient (Wildman–Crippen LogP) is 2.49. The summed E-state index contributed by atoms with van der Waals surface area (Å²) in [7, 11) is 0. The number of hydrogen-bond acceptors (Lipinski definition) is 7. The highest BCUT2D eigenvalue weighted by atomic mass is 32.2. The van der Waals surface area contributed by atoms with Crippen LogP contribution in [-0.4, -0.2) is 14.3 Å². The van der Waals surface area contributed by atoms with E-state index >= 15 is 0 Å². The van der Waals surface area contributed by atoms with E-state index in [4.69, 9.17) is 5.73 Å². The van der Waals surface area contributed by atoms with E-state index < -0.39 is 4.92 Å². The Labute approximate surface area is 105 Å². The molecule has 2 N–H and O–H groups in total. The van der Waals surface area contributed by atoms with Gasteiger partial charge in [0, 0.05) is 22.7 Å². The van der Waals surface area contributed by atoms with Gasteiger partial charge >= 0.3 is 0 Å². The lowest BCUT2D eigenvalue weighted by Gasteiger charge is -1.99. The second-order valence-corrected chi connectivity index (χ2v) is 5.30. The van der Waals surface area contributed by atoms with Gasteiger partial charge < -0.3 is 5.73 Å². The molecule has 0 saturated carbocycles. The lowest BCUT2D eigenvalue weighted by molar-refractivity contribution is -0.385. The minimum absolute atomic E-state index is 0.0197. The Morgan fingerprint density at radius 2 is 2.24 bits per heavy atom. The number of aryl methyl sites for hydroxylation is 1. The zero-order valence-electron chi connectivity index (χ0n) is 8.78. The fourth-order valence-corrected chi connectivity index (χ4v) is 2.92. The van der Waals surface area contributed by atoms with Crippen molar-refractivity contribution in [3.8, 4) is 0 Å². The summed E-state index contributed by atoms with van der Waals surface area (Å²) in [6, 6.07) is 4.47. The summed E-state index contributed by atoms with van der Waals surface area (Å²) >= 11 is 2.57. The molecule has 1 heterocycles. The SMILES string of the molecule is Cc1nsc(Sc2cc(N)cc([N+](=O)[O-])c2)n1. The number of benzene rings is 1. The average molecular weight is 268 g/mol. The predicted molar refractivity (Wildman–Crippen MR) is 66.3 cm³/mol. The van der Waals surface area contributed by atoms with Gasteiger partial charge in [0.05, 0.1) is 4.92 Å². The van der Waals surface area contributed by atoms with Crippen molar-refractivity contribution < 1.29 is 4.92 Å². The summed E-state index contributed by atoms with van der Waals surface area (Å²) < 4.78 is 4.78. The van der Waals surface area contributed by atoms with Crippen molar-refractivity contribution in [3.63, 3.8) is 0 Å². The Hall–Kier alpha value is -1.67. The molecule has 2 aromatic rings. The van der Waals surface area contributed by atoms with E-state index in [1.807, 2.05) is 0 Å². The maximum atomic E-state index is 10.7. The number of nitrogens with zero attached hydrogens (tertiary/aromatic N) is 3. The summed E-state index contributed by atoms with van der Waals surface area (Å²) in [5.41, 5.74) is 5.95. The third-order valence-electron chi connectivity index (χ3n) is 1.84. The molecule has 1 aromatic carbocycles. The standard InChI is InChI=1S/C9H8N4O2S2/c1-5-11-9(17-12-5)16-8-3-6(10)2-7(4-8)13(14)15/h2-4H,10H2,1H3. The Morgan fingerprint density at radius 1 is 1.47 bits per heavy atom. The molecule has 1 aromatic heterocycles. The first-order valence-electron chi connectivity index (χ1n) is 4.58. The summed E-state index contributed by atoms with van der Waals surface area (Å²) in [4.78, 5) is 15.1. The van der Waals surface area contributed by atoms with Gasteiger partial charge in [-0.25, -0.2) is 4.98 Å². The zero-order chi connectivity index (χ0) is 12.4. The summed E-state index contributed by atoms with van der Waals surface area (Å²) in [5, 5.41) is 10.7. The molecule has 0 aliphatic rings. The third kappa shape index (κ3) is 2.92. The van der Waals surface area contributed by atoms with Crippen LogP contribution in [0, 0.1) is 17.0 Å². The lowest BCUT2D eigenvalue weighted by atomic mass is 10.3. The van der Waals surface area contributed by atoms with Gasteiger partial charge in [0.15, 0.2) is 4.34 Å². The molecule has 0 aliphatic heterocycles. The monoisotopic (exact) mass is 268 g/mol. The number of nitro benzene ring substituents is 1. The number of nitrogens with two attached hydrogens (primary N) is 1. The van der Waals surface area contributed by atoms with Crippen LogP contribution in [-0.2, 0) is 0 Å². The van der Waals surface area contributed by atoms with Crippen LogP contribution in [0.15, 0.2) is 27.4 Å². The van der Waals surface area contributed by atoms with Crippen molar-refractivity contribution >= 4 is 34.7 Å². The maximum absolute atomic E-state index is 10.7. The molecule has 17 heavy (non-hydrogen) atoms. The van der Waals surface area contributed by atoms with Crippen molar-refractivity contribution in [2.24, 2.45) is 0 Å². The molecule has 0 radical (unpaired) electrons. The summed E-state index contributed by atoms with van der Waals surface area (Å²) in [5.74, 6) is 0.691. The fraction of sp³-hybridized carbons (Fsp3) is 0.111. The normalized spacial score (nSPS) is 10.4. The van der Waals surface area contributed by atoms with Crippen LogP contribution in [0.1, 0.15) is 5.82 Å². The largest absolute Gasteiger partial charge is 0.398 e. The third-order valence-corrected chi connectivity index (χ3v) is 3.65. The average Bonchev–Trinajstić information content (AvgIpc) is 2.63. The van der Waals surface area contributed by atoms with E-state index in [1.165, 1.54) is 35.4 Å². The fourth-order valence-electron chi connectivity index (χ4n) is 1.19. The molecule has 2 rings (SSSR count). The number of non-ortho nitro benzene ring substituents is 1. The summed E-state index contributed by atoms with van der Waals surface area (Å²) in [6.45, 7) is 1.79. The molecule has 0 fully saturated rings. The van der Waals surface area contributed by atoms with Gasteiger partial charge in [-0.2, -0.15) is 4.37 Å². The van der Waals surface area contributed by atoms with Crippen molar-refractivity contribution in [2.75, 3.05) is 5.73 Å². The minimum Gasteiger partial charge on any atom is -0.398 e. The minimum atomic E-state index is -0.466. The number of rotatable bonds is 3. The number of hydrogen-bond donors (Lipinski definition) is 1. The highest BCUT2D eigenvalue weighted by Gasteiger charge is 2.11. The van der Waals surface area contributed by atoms with E-state index in [9.17, 15) is 10.1 Å². The van der Waals surface area contributed by atoms with Crippen LogP contribution >= 0.6 is 23.3 Å². The number of aromatic nitrogens is 2. The number of nitro groups is 1. The highest BCUT2D eigenvalue weighted by molar-refractivity contribution is 8.01. The smallest absolute Gasteiger partial charge is 0.272 e. The maximum Gasteiger partial charge on any atom is 0.272 e. The molecular weight excluding hydrogens is 260 g/mol. The summed E-state index contributed by atoms with van der Waals surface area (Å²) in [6.07, 6.45) is 0. The topological polar surface area (TPSA) is 94.9 Å². The van der Waals surface area contributed by atoms with Gasteiger partial charge in [0.2, 0.25) is 0 Å². The molecule has 0 bridgehead atoms. The van der Waals surface area contributed by atoms with Crippen LogP contribution < -0.4 is 5.73 Å². The van der Waals surface area contributed by atoms with Gasteiger partial charge in [-0.05, 0) is 24.5 Å². The van der Waals surface area contributed by atoms with E-state index in [-0.39, 0.29) is 5.69 Å². The van der Waals surface area contributed by atoms with Gasteiger partial charge in [-0.1, -0.05) is 11.8 Å². The van der Waals surface area contributed by atoms with Crippen LogP contribution in [0.2, 0.25) is 0 Å². The molecule has 0 saturated heterocycles. The Balaban J connectivity index is 2.29. The molecule has 0 spiro atoms. The van der Waals surface area contributed by atoms with Gasteiger partial charge in [-0.3, -0.25) is 10.1 Å². The van der Waals surface area contributed by atoms with E-state index in [0.29, 0.717) is 16.4 Å². The second-order valence-electron chi connectivity index (χ2n) is 3.23. The molecule has 0 aliphatic carbocycles. The van der Waals surface area contributed by atoms with Crippen molar-refractivity contribution in [1.82, 2.24) is 9.36 Å². The first kappa shape index (κ1) is 11.8. The number of anilines is 1. The van der Waals surface area contributed by atoms with E-state index in [1.54, 1.807) is 13.0 Å². The van der Waals surface area contributed by atoms with Crippen molar-refractivity contribution in [2.45, 2.75) is 16.2 Å². The molecule has 0 unspecified atom stereocenters. The first-order chi connectivity index (χ1) is 8.04. The Bertz CT molecular complexity index is 570. The molecular formula is C9H8N4O2S2. The van der Waals surface area contributed by atoms with Gasteiger partial charge in [0.25, 0.3) is 5.69 Å². The molecule has 8 heteroatoms. The van der Waals surface area contributed by atoms with Crippen LogP contribution in [0.4, 0.5) is 11.4 Å². The van der Waals surface area contributed by atoms with Crippen LogP contribution in [0.5, 0.6) is 0 Å². The quantitative estimate of drug-likeness (QED) is 0.522. The molecule has 0 amide bonds. The molecule has 88 valence electrons. The first-order valence-corrected chi connectivity index (χ1v) is 6.17. The Morgan fingerprint density at radius 3 is 2.82 bits per heavy atom. The van der Waals surface area contributed by atoms with Crippen molar-refractivity contribution in [3.05, 3.63) is 34.1 Å². The Kier molecular flexibility index (Phi) is 3.25. The number of nitrogen functional groups attached to an aromatic ring is 1. The molecule has 0 atom stereocenters. The zero-order valence-corrected chi connectivity index (χ0v) is 10.4. The second kappa shape index (κ2) is 4.68. The van der Waals surface area contributed by atoms with Crippen molar-refractivity contribution in [1.29, 1.82) is 0 Å².